The molecule has 0 aromatic heterocycles. The van der Waals surface area contributed by atoms with E-state index in [0.29, 0.717) is 13.2 Å². The van der Waals surface area contributed by atoms with Crippen LogP contribution < -0.4 is 10.1 Å². The second-order valence-corrected chi connectivity index (χ2v) is 4.66. The molecule has 2 rings (SSSR count). The van der Waals surface area contributed by atoms with E-state index in [1.54, 1.807) is 12.3 Å². The molecule has 0 bridgehead atoms. The van der Waals surface area contributed by atoms with E-state index in [1.165, 1.54) is 19.2 Å². The zero-order valence-electron chi connectivity index (χ0n) is 12.5. The van der Waals surface area contributed by atoms with Crippen molar-refractivity contribution in [1.29, 1.82) is 0 Å². The first-order valence-electron chi connectivity index (χ1n) is 7.00. The summed E-state index contributed by atoms with van der Waals surface area (Å²) in [5.41, 5.74) is 1.95. The molecular weight excluding hydrogens is 283 g/mol. The lowest BCUT2D eigenvalue weighted by molar-refractivity contribution is 0.214. The average molecular weight is 302 g/mol. The van der Waals surface area contributed by atoms with Crippen LogP contribution in [-0.4, -0.2) is 19.9 Å². The summed E-state index contributed by atoms with van der Waals surface area (Å²) in [7, 11) is 1.51. The van der Waals surface area contributed by atoms with Crippen LogP contribution in [-0.2, 0) is 18.0 Å². The molecule has 0 heterocycles. The largest absolute Gasteiger partial charge is 0.489 e. The van der Waals surface area contributed by atoms with Gasteiger partial charge in [0, 0.05) is 13.1 Å². The molecular formula is C17H19FN2O2. The topological polar surface area (TPSA) is 42.8 Å². The summed E-state index contributed by atoms with van der Waals surface area (Å²) < 4.78 is 18.7. The molecule has 0 saturated carbocycles. The quantitative estimate of drug-likeness (QED) is 0.463. The van der Waals surface area contributed by atoms with Gasteiger partial charge in [0.05, 0.1) is 6.21 Å². The van der Waals surface area contributed by atoms with Gasteiger partial charge in [-0.1, -0.05) is 29.4 Å². The Hall–Kier alpha value is -2.40. The van der Waals surface area contributed by atoms with Crippen molar-refractivity contribution in [3.8, 4) is 5.75 Å². The molecule has 0 unspecified atom stereocenters. The lowest BCUT2D eigenvalue weighted by Gasteiger charge is -2.08. The maximum absolute atomic E-state index is 13.1. The molecule has 0 amide bonds. The normalized spacial score (nSPS) is 10.8. The third-order valence-electron chi connectivity index (χ3n) is 2.96. The van der Waals surface area contributed by atoms with Crippen molar-refractivity contribution in [2.45, 2.75) is 13.2 Å². The molecule has 0 aliphatic carbocycles. The molecule has 5 heteroatoms. The Morgan fingerprint density at radius 1 is 1.14 bits per heavy atom. The zero-order chi connectivity index (χ0) is 15.6. The van der Waals surface area contributed by atoms with Crippen molar-refractivity contribution < 1.29 is 14.0 Å². The summed E-state index contributed by atoms with van der Waals surface area (Å²) >= 11 is 0. The van der Waals surface area contributed by atoms with E-state index >= 15 is 0 Å². The highest BCUT2D eigenvalue weighted by molar-refractivity contribution is 5.58. The van der Waals surface area contributed by atoms with Crippen LogP contribution in [0.5, 0.6) is 5.75 Å². The predicted octanol–water partition coefficient (Wildman–Crippen LogP) is 3.13. The fourth-order valence-corrected chi connectivity index (χ4v) is 1.89. The maximum Gasteiger partial charge on any atom is 0.123 e. The minimum absolute atomic E-state index is 0.250. The smallest absolute Gasteiger partial charge is 0.123 e. The molecule has 2 aromatic carbocycles. The van der Waals surface area contributed by atoms with Gasteiger partial charge in [0.2, 0.25) is 0 Å². The number of nitrogens with one attached hydrogen (secondary N) is 1. The van der Waals surface area contributed by atoms with Crippen molar-refractivity contribution in [1.82, 2.24) is 5.32 Å². The number of hydrogen-bond donors (Lipinski definition) is 1. The van der Waals surface area contributed by atoms with Crippen molar-refractivity contribution >= 4 is 6.21 Å². The van der Waals surface area contributed by atoms with Crippen molar-refractivity contribution in [3.05, 3.63) is 65.5 Å². The van der Waals surface area contributed by atoms with E-state index in [9.17, 15) is 4.39 Å². The molecule has 0 aliphatic heterocycles. The fraction of sp³-hybridized carbons (Fsp3) is 0.235. The number of nitrogens with zero attached hydrogens (tertiary/aromatic N) is 1. The molecule has 0 fully saturated rings. The standard InChI is InChI=1S/C17H19FN2O2/c1-21-20-10-9-19-12-14-5-7-17(8-6-14)22-13-15-3-2-4-16(18)11-15/h2-8,10-11,19H,9,12-13H2,1H3. The third-order valence-corrected chi connectivity index (χ3v) is 2.96. The van der Waals surface area contributed by atoms with Crippen molar-refractivity contribution in [2.75, 3.05) is 13.7 Å². The summed E-state index contributed by atoms with van der Waals surface area (Å²) in [6.45, 7) is 1.73. The summed E-state index contributed by atoms with van der Waals surface area (Å²) in [6.07, 6.45) is 1.66. The Morgan fingerprint density at radius 2 is 1.95 bits per heavy atom. The van der Waals surface area contributed by atoms with E-state index < -0.39 is 0 Å². The van der Waals surface area contributed by atoms with Crippen LogP contribution in [0.3, 0.4) is 0 Å². The van der Waals surface area contributed by atoms with Gasteiger partial charge >= 0.3 is 0 Å². The summed E-state index contributed by atoms with van der Waals surface area (Å²) in [6, 6.07) is 14.2. The summed E-state index contributed by atoms with van der Waals surface area (Å²) in [5.74, 6) is 0.508. The number of ether oxygens (including phenoxy) is 1. The lowest BCUT2D eigenvalue weighted by atomic mass is 10.2. The van der Waals surface area contributed by atoms with E-state index in [-0.39, 0.29) is 5.82 Å². The third kappa shape index (κ3) is 5.54. The second-order valence-electron chi connectivity index (χ2n) is 4.66. The van der Waals surface area contributed by atoms with Crippen LogP contribution in [0.1, 0.15) is 11.1 Å². The molecule has 0 atom stereocenters. The van der Waals surface area contributed by atoms with E-state index in [1.807, 2.05) is 30.3 Å². The summed E-state index contributed by atoms with van der Waals surface area (Å²) in [5, 5.41) is 6.85. The Morgan fingerprint density at radius 3 is 2.68 bits per heavy atom. The molecule has 0 saturated heterocycles. The van der Waals surface area contributed by atoms with Crippen molar-refractivity contribution in [3.63, 3.8) is 0 Å². The number of halogens is 1. The summed E-state index contributed by atoms with van der Waals surface area (Å²) in [4.78, 5) is 4.57. The van der Waals surface area contributed by atoms with Crippen LogP contribution in [0, 0.1) is 5.82 Å². The van der Waals surface area contributed by atoms with Gasteiger partial charge in [-0.3, -0.25) is 0 Å². The molecule has 22 heavy (non-hydrogen) atoms. The highest BCUT2D eigenvalue weighted by Crippen LogP contribution is 2.14. The highest BCUT2D eigenvalue weighted by atomic mass is 19.1. The van der Waals surface area contributed by atoms with Crippen LogP contribution >= 0.6 is 0 Å². The highest BCUT2D eigenvalue weighted by Gasteiger charge is 1.98. The van der Waals surface area contributed by atoms with Gasteiger partial charge in [-0.25, -0.2) is 4.39 Å². The maximum atomic E-state index is 13.1. The molecule has 4 nitrogen and oxygen atoms in total. The number of benzene rings is 2. The van der Waals surface area contributed by atoms with E-state index in [4.69, 9.17) is 4.74 Å². The Bertz CT molecular complexity index is 600. The van der Waals surface area contributed by atoms with Crippen LogP contribution in [0.15, 0.2) is 53.7 Å². The monoisotopic (exact) mass is 302 g/mol. The Kier molecular flexibility index (Phi) is 6.39. The number of oxime groups is 1. The van der Waals surface area contributed by atoms with Gasteiger partial charge < -0.3 is 14.9 Å². The zero-order valence-corrected chi connectivity index (χ0v) is 12.5. The molecule has 0 radical (unpaired) electrons. The minimum atomic E-state index is -0.250. The molecule has 0 spiro atoms. The predicted molar refractivity (Wildman–Crippen MR) is 84.4 cm³/mol. The van der Waals surface area contributed by atoms with E-state index in [0.717, 1.165) is 23.4 Å². The van der Waals surface area contributed by atoms with Crippen LogP contribution in [0.4, 0.5) is 4.39 Å². The molecule has 0 aliphatic rings. The van der Waals surface area contributed by atoms with Gasteiger partial charge in [0.25, 0.3) is 0 Å². The van der Waals surface area contributed by atoms with Crippen LogP contribution in [0.25, 0.3) is 0 Å². The Labute approximate surface area is 129 Å². The van der Waals surface area contributed by atoms with Gasteiger partial charge in [0.1, 0.15) is 25.3 Å². The number of rotatable bonds is 8. The van der Waals surface area contributed by atoms with Crippen molar-refractivity contribution in [2.24, 2.45) is 5.16 Å². The van der Waals surface area contributed by atoms with Gasteiger partial charge in [0.15, 0.2) is 0 Å². The van der Waals surface area contributed by atoms with Crippen LogP contribution in [0.2, 0.25) is 0 Å². The number of hydrogen-bond acceptors (Lipinski definition) is 4. The lowest BCUT2D eigenvalue weighted by Crippen LogP contribution is -2.15. The molecule has 2 aromatic rings. The van der Waals surface area contributed by atoms with E-state index in [2.05, 4.69) is 15.3 Å². The van der Waals surface area contributed by atoms with Gasteiger partial charge in [-0.15, -0.1) is 0 Å². The van der Waals surface area contributed by atoms with Gasteiger partial charge in [-0.2, -0.15) is 0 Å². The fourth-order valence-electron chi connectivity index (χ4n) is 1.89. The second kappa shape index (κ2) is 8.79. The molecule has 1 N–H and O–H groups in total. The molecule has 116 valence electrons. The Balaban J connectivity index is 1.78. The first kappa shape index (κ1) is 16.0. The van der Waals surface area contributed by atoms with Gasteiger partial charge in [-0.05, 0) is 35.4 Å². The SMILES string of the molecule is CON=CCNCc1ccc(OCc2cccc(F)c2)cc1. The first-order valence-corrected chi connectivity index (χ1v) is 7.00. The minimum Gasteiger partial charge on any atom is -0.489 e. The first-order chi connectivity index (χ1) is 10.8. The average Bonchev–Trinajstić information content (AvgIpc) is 2.54.